The lowest BCUT2D eigenvalue weighted by atomic mass is 10.2. The van der Waals surface area contributed by atoms with Gasteiger partial charge in [0.2, 0.25) is 5.91 Å². The second kappa shape index (κ2) is 6.37. The number of benzene rings is 1. The zero-order chi connectivity index (χ0) is 14.5. The number of rotatable bonds is 5. The van der Waals surface area contributed by atoms with Gasteiger partial charge in [-0.1, -0.05) is 41.6 Å². The highest BCUT2D eigenvalue weighted by atomic mass is 32.1. The normalized spacial score (nSPS) is 10.5. The Balaban J connectivity index is 1.55. The summed E-state index contributed by atoms with van der Waals surface area (Å²) in [5.74, 6) is 0.640. The van der Waals surface area contributed by atoms with Crippen LogP contribution >= 0.6 is 11.3 Å². The molecule has 3 rings (SSSR count). The van der Waals surface area contributed by atoms with Crippen LogP contribution in [0.25, 0.3) is 10.6 Å². The molecule has 0 aliphatic heterocycles. The molecule has 106 valence electrons. The maximum absolute atomic E-state index is 11.9. The SMILES string of the molecule is O=C(Cc1cc(-c2cccs2)on1)NCc1ccccc1. The molecule has 1 N–H and O–H groups in total. The van der Waals surface area contributed by atoms with Crippen LogP contribution in [0.2, 0.25) is 0 Å². The van der Waals surface area contributed by atoms with Gasteiger partial charge in [-0.3, -0.25) is 4.79 Å². The molecular weight excluding hydrogens is 284 g/mol. The molecule has 0 aliphatic rings. The van der Waals surface area contributed by atoms with Crippen molar-refractivity contribution >= 4 is 17.2 Å². The van der Waals surface area contributed by atoms with Crippen LogP contribution in [-0.2, 0) is 17.8 Å². The average Bonchev–Trinajstić information content (AvgIpc) is 3.17. The molecule has 0 saturated heterocycles. The summed E-state index contributed by atoms with van der Waals surface area (Å²) in [4.78, 5) is 12.9. The summed E-state index contributed by atoms with van der Waals surface area (Å²) in [6.07, 6.45) is 0.224. The fraction of sp³-hybridized carbons (Fsp3) is 0.125. The van der Waals surface area contributed by atoms with E-state index in [-0.39, 0.29) is 12.3 Å². The Hall–Kier alpha value is -2.40. The minimum absolute atomic E-state index is 0.0649. The number of hydrogen-bond donors (Lipinski definition) is 1. The highest BCUT2D eigenvalue weighted by Crippen LogP contribution is 2.25. The maximum atomic E-state index is 11.9. The van der Waals surface area contributed by atoms with E-state index in [2.05, 4.69) is 10.5 Å². The average molecular weight is 298 g/mol. The van der Waals surface area contributed by atoms with Gasteiger partial charge in [0.1, 0.15) is 0 Å². The number of thiophene rings is 1. The summed E-state index contributed by atoms with van der Waals surface area (Å²) in [6.45, 7) is 0.523. The predicted molar refractivity (Wildman–Crippen MR) is 81.8 cm³/mol. The Morgan fingerprint density at radius 3 is 2.81 bits per heavy atom. The van der Waals surface area contributed by atoms with E-state index in [9.17, 15) is 4.79 Å². The van der Waals surface area contributed by atoms with Crippen LogP contribution in [0, 0.1) is 0 Å². The molecule has 1 amide bonds. The lowest BCUT2D eigenvalue weighted by Gasteiger charge is -2.03. The Labute approximate surface area is 126 Å². The van der Waals surface area contributed by atoms with E-state index in [1.807, 2.05) is 53.9 Å². The third kappa shape index (κ3) is 3.58. The second-order valence-corrected chi connectivity index (χ2v) is 5.55. The molecular formula is C16H14N2O2S. The fourth-order valence-corrected chi connectivity index (χ4v) is 2.63. The number of nitrogens with one attached hydrogen (secondary N) is 1. The number of nitrogens with zero attached hydrogens (tertiary/aromatic N) is 1. The molecule has 0 bridgehead atoms. The third-order valence-electron chi connectivity index (χ3n) is 3.00. The molecule has 1 aromatic carbocycles. The van der Waals surface area contributed by atoms with Crippen molar-refractivity contribution in [2.24, 2.45) is 0 Å². The van der Waals surface area contributed by atoms with E-state index in [1.165, 1.54) is 0 Å². The van der Waals surface area contributed by atoms with Gasteiger partial charge >= 0.3 is 0 Å². The van der Waals surface area contributed by atoms with Gasteiger partial charge in [0, 0.05) is 12.6 Å². The summed E-state index contributed by atoms with van der Waals surface area (Å²) in [5.41, 5.74) is 1.72. The molecule has 0 fully saturated rings. The topological polar surface area (TPSA) is 55.1 Å². The van der Waals surface area contributed by atoms with Crippen molar-refractivity contribution in [3.63, 3.8) is 0 Å². The standard InChI is InChI=1S/C16H14N2O2S/c19-16(17-11-12-5-2-1-3-6-12)10-13-9-14(20-18-13)15-7-4-8-21-15/h1-9H,10-11H2,(H,17,19). The van der Waals surface area contributed by atoms with Gasteiger partial charge in [-0.05, 0) is 17.0 Å². The number of carbonyl (C=O) groups is 1. The van der Waals surface area contributed by atoms with Crippen LogP contribution in [0.15, 0.2) is 58.4 Å². The summed E-state index contributed by atoms with van der Waals surface area (Å²) in [6, 6.07) is 15.5. The van der Waals surface area contributed by atoms with E-state index in [0.717, 1.165) is 10.4 Å². The van der Waals surface area contributed by atoms with Gasteiger partial charge in [0.05, 0.1) is 17.0 Å². The number of amides is 1. The molecule has 4 nitrogen and oxygen atoms in total. The summed E-state index contributed by atoms with van der Waals surface area (Å²) < 4.78 is 5.25. The van der Waals surface area contributed by atoms with Crippen LogP contribution in [0.1, 0.15) is 11.3 Å². The van der Waals surface area contributed by atoms with Crippen molar-refractivity contribution in [1.29, 1.82) is 0 Å². The van der Waals surface area contributed by atoms with Gasteiger partial charge in [-0.25, -0.2) is 0 Å². The molecule has 3 aromatic rings. The molecule has 5 heteroatoms. The molecule has 0 atom stereocenters. The molecule has 21 heavy (non-hydrogen) atoms. The summed E-state index contributed by atoms with van der Waals surface area (Å²) >= 11 is 1.58. The molecule has 0 aliphatic carbocycles. The Morgan fingerprint density at radius 1 is 1.19 bits per heavy atom. The largest absolute Gasteiger partial charge is 0.355 e. The minimum atomic E-state index is -0.0649. The molecule has 0 radical (unpaired) electrons. The van der Waals surface area contributed by atoms with Crippen molar-refractivity contribution in [2.45, 2.75) is 13.0 Å². The zero-order valence-electron chi connectivity index (χ0n) is 11.3. The first kappa shape index (κ1) is 13.6. The monoisotopic (exact) mass is 298 g/mol. The van der Waals surface area contributed by atoms with Crippen LogP contribution in [0.5, 0.6) is 0 Å². The molecule has 0 unspecified atom stereocenters. The Kier molecular flexibility index (Phi) is 4.12. The van der Waals surface area contributed by atoms with Crippen molar-refractivity contribution in [3.05, 3.63) is 65.2 Å². The van der Waals surface area contributed by atoms with E-state index < -0.39 is 0 Å². The highest BCUT2D eigenvalue weighted by molar-refractivity contribution is 7.13. The van der Waals surface area contributed by atoms with Crippen molar-refractivity contribution in [1.82, 2.24) is 10.5 Å². The zero-order valence-corrected chi connectivity index (χ0v) is 12.1. The van der Waals surface area contributed by atoms with Gasteiger partial charge in [0.15, 0.2) is 5.76 Å². The number of hydrogen-bond acceptors (Lipinski definition) is 4. The quantitative estimate of drug-likeness (QED) is 0.786. The molecule has 2 aromatic heterocycles. The Bertz CT molecular complexity index is 705. The van der Waals surface area contributed by atoms with E-state index in [0.29, 0.717) is 18.0 Å². The fourth-order valence-electron chi connectivity index (χ4n) is 1.95. The lowest BCUT2D eigenvalue weighted by molar-refractivity contribution is -0.120. The van der Waals surface area contributed by atoms with E-state index in [1.54, 1.807) is 11.3 Å². The van der Waals surface area contributed by atoms with Crippen molar-refractivity contribution in [2.75, 3.05) is 0 Å². The van der Waals surface area contributed by atoms with Gasteiger partial charge in [0.25, 0.3) is 0 Å². The molecule has 0 spiro atoms. The van der Waals surface area contributed by atoms with Crippen molar-refractivity contribution in [3.8, 4) is 10.6 Å². The van der Waals surface area contributed by atoms with Crippen LogP contribution in [-0.4, -0.2) is 11.1 Å². The van der Waals surface area contributed by atoms with Gasteiger partial charge in [-0.15, -0.1) is 11.3 Å². The molecule has 2 heterocycles. The first-order valence-corrected chi connectivity index (χ1v) is 7.49. The second-order valence-electron chi connectivity index (χ2n) is 4.60. The minimum Gasteiger partial charge on any atom is -0.355 e. The van der Waals surface area contributed by atoms with Crippen LogP contribution < -0.4 is 5.32 Å². The van der Waals surface area contributed by atoms with E-state index >= 15 is 0 Å². The van der Waals surface area contributed by atoms with E-state index in [4.69, 9.17) is 4.52 Å². The van der Waals surface area contributed by atoms with Crippen LogP contribution in [0.4, 0.5) is 0 Å². The Morgan fingerprint density at radius 2 is 2.05 bits per heavy atom. The number of aromatic nitrogens is 1. The highest BCUT2D eigenvalue weighted by Gasteiger charge is 2.11. The lowest BCUT2D eigenvalue weighted by Crippen LogP contribution is -2.24. The predicted octanol–water partition coefficient (Wildman–Crippen LogP) is 3.26. The summed E-state index contributed by atoms with van der Waals surface area (Å²) in [5, 5.41) is 8.79. The first-order chi connectivity index (χ1) is 10.3. The van der Waals surface area contributed by atoms with Crippen LogP contribution in [0.3, 0.4) is 0 Å². The third-order valence-corrected chi connectivity index (χ3v) is 3.88. The number of carbonyl (C=O) groups excluding carboxylic acids is 1. The maximum Gasteiger partial charge on any atom is 0.226 e. The smallest absolute Gasteiger partial charge is 0.226 e. The molecule has 0 saturated carbocycles. The van der Waals surface area contributed by atoms with Gasteiger partial charge < -0.3 is 9.84 Å². The summed E-state index contributed by atoms with van der Waals surface area (Å²) in [7, 11) is 0. The van der Waals surface area contributed by atoms with Gasteiger partial charge in [-0.2, -0.15) is 0 Å². The van der Waals surface area contributed by atoms with Crippen molar-refractivity contribution < 1.29 is 9.32 Å². The first-order valence-electron chi connectivity index (χ1n) is 6.61.